The summed E-state index contributed by atoms with van der Waals surface area (Å²) in [4.78, 5) is 19.4. The van der Waals surface area contributed by atoms with Crippen molar-refractivity contribution in [2.24, 2.45) is 0 Å². The van der Waals surface area contributed by atoms with Gasteiger partial charge < -0.3 is 10.1 Å². The van der Waals surface area contributed by atoms with Gasteiger partial charge in [-0.2, -0.15) is 0 Å². The number of carbonyl (C=O) groups is 1. The van der Waals surface area contributed by atoms with Gasteiger partial charge in [0.15, 0.2) is 0 Å². The first-order chi connectivity index (χ1) is 14.8. The number of nitrogens with zero attached hydrogens (tertiary/aromatic N) is 2. The number of carbonyl (C=O) groups excluding carboxylic acids is 1. The first kappa shape index (κ1) is 20.1. The van der Waals surface area contributed by atoms with Crippen molar-refractivity contribution in [3.8, 4) is 5.75 Å². The second-order valence-corrected chi connectivity index (χ2v) is 7.59. The quantitative estimate of drug-likeness (QED) is 0.621. The van der Waals surface area contributed by atoms with Crippen LogP contribution in [0.25, 0.3) is 0 Å². The Kier molecular flexibility index (Phi) is 6.72. The lowest BCUT2D eigenvalue weighted by molar-refractivity contribution is -0.125. The highest BCUT2D eigenvalue weighted by molar-refractivity contribution is 5.82. The molecule has 0 radical (unpaired) electrons. The van der Waals surface area contributed by atoms with Gasteiger partial charge in [-0.25, -0.2) is 0 Å². The fraction of sp³-hybridized carbons (Fsp3) is 0.280. The Balaban J connectivity index is 1.30. The van der Waals surface area contributed by atoms with Crippen molar-refractivity contribution in [1.29, 1.82) is 0 Å². The molecule has 1 aromatic heterocycles. The summed E-state index contributed by atoms with van der Waals surface area (Å²) in [5, 5.41) is 3.11. The molecule has 1 fully saturated rings. The molecule has 4 rings (SSSR count). The molecule has 30 heavy (non-hydrogen) atoms. The number of rotatable bonds is 8. The van der Waals surface area contributed by atoms with Gasteiger partial charge in [0.1, 0.15) is 12.4 Å². The van der Waals surface area contributed by atoms with Gasteiger partial charge >= 0.3 is 0 Å². The van der Waals surface area contributed by atoms with Gasteiger partial charge in [0.05, 0.1) is 11.7 Å². The second kappa shape index (κ2) is 10.0. The Morgan fingerprint density at radius 1 is 1.03 bits per heavy atom. The highest BCUT2D eigenvalue weighted by Gasteiger charge is 2.30. The SMILES string of the molecule is O=C(NCc1cccc(OCc2ccccn2)c1)C1CCCN1Cc1ccccc1. The molecule has 2 heterocycles. The molecule has 0 spiro atoms. The first-order valence-electron chi connectivity index (χ1n) is 10.5. The third-order valence-corrected chi connectivity index (χ3v) is 5.37. The molecule has 5 heteroatoms. The molecule has 1 atom stereocenters. The average Bonchev–Trinajstić information content (AvgIpc) is 3.26. The molecule has 0 saturated carbocycles. The highest BCUT2D eigenvalue weighted by Crippen LogP contribution is 2.21. The van der Waals surface area contributed by atoms with Gasteiger partial charge in [-0.15, -0.1) is 0 Å². The van der Waals surface area contributed by atoms with E-state index in [1.165, 1.54) is 5.56 Å². The minimum atomic E-state index is -0.0613. The van der Waals surface area contributed by atoms with Gasteiger partial charge in [-0.1, -0.05) is 48.5 Å². The lowest BCUT2D eigenvalue weighted by atomic mass is 10.1. The van der Waals surface area contributed by atoms with E-state index in [9.17, 15) is 4.79 Å². The van der Waals surface area contributed by atoms with Crippen LogP contribution in [0, 0.1) is 0 Å². The zero-order valence-corrected chi connectivity index (χ0v) is 17.0. The summed E-state index contributed by atoms with van der Waals surface area (Å²) >= 11 is 0. The number of hydrogen-bond acceptors (Lipinski definition) is 4. The molecule has 1 amide bonds. The molecule has 0 bridgehead atoms. The van der Waals surface area contributed by atoms with Gasteiger partial charge in [-0.05, 0) is 54.8 Å². The molecule has 154 valence electrons. The molecule has 2 aromatic carbocycles. The number of aromatic nitrogens is 1. The normalized spacial score (nSPS) is 16.3. The van der Waals surface area contributed by atoms with Crippen molar-refractivity contribution in [3.63, 3.8) is 0 Å². The topological polar surface area (TPSA) is 54.5 Å². The summed E-state index contributed by atoms with van der Waals surface area (Å²) in [5.41, 5.74) is 3.15. The Bertz CT molecular complexity index is 947. The van der Waals surface area contributed by atoms with Crippen LogP contribution in [-0.4, -0.2) is 28.4 Å². The molecule has 1 N–H and O–H groups in total. The molecule has 0 aliphatic carbocycles. The van der Waals surface area contributed by atoms with E-state index in [-0.39, 0.29) is 11.9 Å². The van der Waals surface area contributed by atoms with Crippen LogP contribution >= 0.6 is 0 Å². The average molecular weight is 402 g/mol. The zero-order chi connectivity index (χ0) is 20.6. The van der Waals surface area contributed by atoms with E-state index in [4.69, 9.17) is 4.74 Å². The Morgan fingerprint density at radius 2 is 1.87 bits per heavy atom. The van der Waals surface area contributed by atoms with E-state index in [1.54, 1.807) is 6.20 Å². The van der Waals surface area contributed by atoms with E-state index < -0.39 is 0 Å². The molecule has 5 nitrogen and oxygen atoms in total. The van der Waals surface area contributed by atoms with Crippen molar-refractivity contribution in [1.82, 2.24) is 15.2 Å². The highest BCUT2D eigenvalue weighted by atomic mass is 16.5. The molecular weight excluding hydrogens is 374 g/mol. The molecule has 1 unspecified atom stereocenters. The third kappa shape index (κ3) is 5.45. The largest absolute Gasteiger partial charge is 0.487 e. The Morgan fingerprint density at radius 3 is 2.70 bits per heavy atom. The Hall–Kier alpha value is -3.18. The molecule has 1 saturated heterocycles. The van der Waals surface area contributed by atoms with E-state index in [0.29, 0.717) is 13.2 Å². The van der Waals surface area contributed by atoms with Crippen molar-refractivity contribution in [2.45, 2.75) is 38.6 Å². The first-order valence-corrected chi connectivity index (χ1v) is 10.5. The van der Waals surface area contributed by atoms with Crippen LogP contribution in [0.2, 0.25) is 0 Å². The summed E-state index contributed by atoms with van der Waals surface area (Å²) in [6, 6.07) is 23.9. The minimum Gasteiger partial charge on any atom is -0.487 e. The van der Waals surface area contributed by atoms with Crippen molar-refractivity contribution < 1.29 is 9.53 Å². The lowest BCUT2D eigenvalue weighted by Gasteiger charge is -2.23. The van der Waals surface area contributed by atoms with Crippen molar-refractivity contribution >= 4 is 5.91 Å². The minimum absolute atomic E-state index is 0.0613. The predicted octanol–water partition coefficient (Wildman–Crippen LogP) is 3.94. The van der Waals surface area contributed by atoms with Crippen LogP contribution in [0.15, 0.2) is 79.0 Å². The van der Waals surface area contributed by atoms with E-state index in [2.05, 4.69) is 27.3 Å². The maximum atomic E-state index is 12.8. The summed E-state index contributed by atoms with van der Waals surface area (Å²) in [5.74, 6) is 0.877. The maximum absolute atomic E-state index is 12.8. The van der Waals surface area contributed by atoms with Crippen molar-refractivity contribution in [2.75, 3.05) is 6.54 Å². The number of pyridine rings is 1. The van der Waals surface area contributed by atoms with Crippen LogP contribution in [0.5, 0.6) is 5.75 Å². The molecule has 1 aliphatic heterocycles. The maximum Gasteiger partial charge on any atom is 0.237 e. The standard InChI is InChI=1S/C25H27N3O2/c29-25(24-13-7-15-28(24)18-20-8-2-1-3-9-20)27-17-21-10-6-12-23(16-21)30-19-22-11-4-5-14-26-22/h1-6,8-12,14,16,24H,7,13,15,17-19H2,(H,27,29). The number of benzene rings is 2. The number of ether oxygens (including phenoxy) is 1. The van der Waals surface area contributed by atoms with E-state index >= 15 is 0 Å². The van der Waals surface area contributed by atoms with Crippen LogP contribution in [0.1, 0.15) is 29.7 Å². The van der Waals surface area contributed by atoms with Crippen LogP contribution in [-0.2, 0) is 24.5 Å². The smallest absolute Gasteiger partial charge is 0.237 e. The van der Waals surface area contributed by atoms with E-state index in [1.807, 2.05) is 60.7 Å². The monoisotopic (exact) mass is 401 g/mol. The third-order valence-electron chi connectivity index (χ3n) is 5.37. The van der Waals surface area contributed by atoms with Gasteiger partial charge in [0, 0.05) is 19.3 Å². The number of likely N-dealkylation sites (tertiary alicyclic amines) is 1. The van der Waals surface area contributed by atoms with Crippen molar-refractivity contribution in [3.05, 3.63) is 95.8 Å². The molecular formula is C25H27N3O2. The predicted molar refractivity (Wildman–Crippen MR) is 117 cm³/mol. The van der Waals surface area contributed by atoms with Crippen LogP contribution < -0.4 is 10.1 Å². The van der Waals surface area contributed by atoms with Gasteiger partial charge in [0.2, 0.25) is 5.91 Å². The van der Waals surface area contributed by atoms with Gasteiger partial charge in [0.25, 0.3) is 0 Å². The van der Waals surface area contributed by atoms with Crippen LogP contribution in [0.4, 0.5) is 0 Å². The number of nitrogens with one attached hydrogen (secondary N) is 1. The Labute approximate surface area is 177 Å². The second-order valence-electron chi connectivity index (χ2n) is 7.59. The van der Waals surface area contributed by atoms with Gasteiger partial charge in [-0.3, -0.25) is 14.7 Å². The lowest BCUT2D eigenvalue weighted by Crippen LogP contribution is -2.42. The fourth-order valence-electron chi connectivity index (χ4n) is 3.82. The number of hydrogen-bond donors (Lipinski definition) is 1. The summed E-state index contributed by atoms with van der Waals surface area (Å²) in [6.45, 7) is 2.70. The molecule has 1 aliphatic rings. The van der Waals surface area contributed by atoms with Crippen LogP contribution in [0.3, 0.4) is 0 Å². The molecule has 3 aromatic rings. The zero-order valence-electron chi connectivity index (χ0n) is 17.0. The fourth-order valence-corrected chi connectivity index (χ4v) is 3.82. The summed E-state index contributed by atoms with van der Waals surface area (Å²) in [7, 11) is 0. The van der Waals surface area contributed by atoms with E-state index in [0.717, 1.165) is 42.9 Å². The summed E-state index contributed by atoms with van der Waals surface area (Å²) < 4.78 is 5.84. The number of amides is 1. The summed E-state index contributed by atoms with van der Waals surface area (Å²) in [6.07, 6.45) is 3.72.